The summed E-state index contributed by atoms with van der Waals surface area (Å²) in [6.45, 7) is 4.13. The van der Waals surface area contributed by atoms with Gasteiger partial charge in [0.2, 0.25) is 0 Å². The Morgan fingerprint density at radius 2 is 1.82 bits per heavy atom. The van der Waals surface area contributed by atoms with E-state index in [2.05, 4.69) is 0 Å². The van der Waals surface area contributed by atoms with Crippen molar-refractivity contribution in [1.82, 2.24) is 4.57 Å². The smallest absolute Gasteiger partial charge is 0.260 e. The molecule has 0 bridgehead atoms. The average Bonchev–Trinajstić information content (AvgIpc) is 2.30. The molecule has 0 spiro atoms. The molecule has 1 aromatic carbocycles. The zero-order valence-electron chi connectivity index (χ0n) is 10.1. The molecule has 17 heavy (non-hydrogen) atoms. The van der Waals surface area contributed by atoms with Crippen LogP contribution in [0, 0.1) is 13.8 Å². The SMILES string of the molecule is Cc1cc(C)n(-c2ccccc2)c(=O)c1CN. The van der Waals surface area contributed by atoms with Crippen LogP contribution in [0.3, 0.4) is 0 Å². The van der Waals surface area contributed by atoms with E-state index in [1.807, 2.05) is 50.2 Å². The zero-order valence-corrected chi connectivity index (χ0v) is 10.1. The third-order valence-corrected chi connectivity index (χ3v) is 2.93. The van der Waals surface area contributed by atoms with Crippen molar-refractivity contribution in [2.45, 2.75) is 20.4 Å². The van der Waals surface area contributed by atoms with E-state index in [4.69, 9.17) is 5.73 Å². The average molecular weight is 228 g/mol. The quantitative estimate of drug-likeness (QED) is 0.853. The Morgan fingerprint density at radius 1 is 1.18 bits per heavy atom. The van der Waals surface area contributed by atoms with E-state index in [9.17, 15) is 4.79 Å². The first-order valence-corrected chi connectivity index (χ1v) is 5.62. The van der Waals surface area contributed by atoms with Crippen LogP contribution in [-0.2, 0) is 6.54 Å². The van der Waals surface area contributed by atoms with Gasteiger partial charge in [0.25, 0.3) is 5.56 Å². The minimum Gasteiger partial charge on any atom is -0.326 e. The highest BCUT2D eigenvalue weighted by Crippen LogP contribution is 2.11. The molecule has 0 atom stereocenters. The first-order chi connectivity index (χ1) is 8.15. The minimum atomic E-state index is -0.0174. The van der Waals surface area contributed by atoms with Gasteiger partial charge in [-0.3, -0.25) is 9.36 Å². The lowest BCUT2D eigenvalue weighted by molar-refractivity contribution is 0.876. The fourth-order valence-electron chi connectivity index (χ4n) is 2.08. The first kappa shape index (κ1) is 11.6. The van der Waals surface area contributed by atoms with Crippen LogP contribution in [0.15, 0.2) is 41.2 Å². The van der Waals surface area contributed by atoms with Crippen LogP contribution in [0.2, 0.25) is 0 Å². The summed E-state index contributed by atoms with van der Waals surface area (Å²) in [6.07, 6.45) is 0. The Hall–Kier alpha value is -1.87. The van der Waals surface area contributed by atoms with E-state index in [-0.39, 0.29) is 12.1 Å². The molecular formula is C14H16N2O. The lowest BCUT2D eigenvalue weighted by Crippen LogP contribution is -2.27. The van der Waals surface area contributed by atoms with Crippen LogP contribution < -0.4 is 11.3 Å². The minimum absolute atomic E-state index is 0.0174. The fourth-order valence-corrected chi connectivity index (χ4v) is 2.08. The van der Waals surface area contributed by atoms with Gasteiger partial charge < -0.3 is 5.73 Å². The summed E-state index contributed by atoms with van der Waals surface area (Å²) in [7, 11) is 0. The number of nitrogens with zero attached hydrogens (tertiary/aromatic N) is 1. The zero-order chi connectivity index (χ0) is 12.4. The summed E-state index contributed by atoms with van der Waals surface area (Å²) >= 11 is 0. The van der Waals surface area contributed by atoms with Crippen molar-refractivity contribution in [1.29, 1.82) is 0 Å². The van der Waals surface area contributed by atoms with E-state index >= 15 is 0 Å². The number of nitrogens with two attached hydrogens (primary N) is 1. The van der Waals surface area contributed by atoms with Gasteiger partial charge in [0.15, 0.2) is 0 Å². The van der Waals surface area contributed by atoms with Crippen LogP contribution in [0.4, 0.5) is 0 Å². The number of rotatable bonds is 2. The van der Waals surface area contributed by atoms with E-state index in [0.29, 0.717) is 5.56 Å². The molecule has 88 valence electrons. The number of benzene rings is 1. The summed E-state index contributed by atoms with van der Waals surface area (Å²) in [5.74, 6) is 0. The van der Waals surface area contributed by atoms with Crippen LogP contribution in [0.5, 0.6) is 0 Å². The highest BCUT2D eigenvalue weighted by atomic mass is 16.1. The molecule has 2 N–H and O–H groups in total. The Kier molecular flexibility index (Phi) is 3.11. The van der Waals surface area contributed by atoms with Crippen molar-refractivity contribution in [2.24, 2.45) is 5.73 Å². The van der Waals surface area contributed by atoms with Gasteiger partial charge in [0.1, 0.15) is 0 Å². The number of aryl methyl sites for hydroxylation is 2. The summed E-state index contributed by atoms with van der Waals surface area (Å²) in [4.78, 5) is 12.3. The van der Waals surface area contributed by atoms with Crippen molar-refractivity contribution in [3.63, 3.8) is 0 Å². The molecule has 0 saturated carbocycles. The molecule has 3 nitrogen and oxygen atoms in total. The maximum atomic E-state index is 12.3. The molecule has 0 radical (unpaired) electrons. The second-order valence-corrected chi connectivity index (χ2v) is 4.13. The molecule has 0 aliphatic heterocycles. The molecule has 2 aromatic rings. The largest absolute Gasteiger partial charge is 0.326 e. The summed E-state index contributed by atoms with van der Waals surface area (Å²) in [5, 5.41) is 0. The predicted octanol–water partition coefficient (Wildman–Crippen LogP) is 1.91. The molecule has 0 unspecified atom stereocenters. The van der Waals surface area contributed by atoms with Gasteiger partial charge in [0.05, 0.1) is 0 Å². The molecular weight excluding hydrogens is 212 g/mol. The van der Waals surface area contributed by atoms with Crippen molar-refractivity contribution in [3.05, 3.63) is 63.6 Å². The summed E-state index contributed by atoms with van der Waals surface area (Å²) in [5.41, 5.74) is 9.06. The molecule has 0 fully saturated rings. The molecule has 0 amide bonds. The van der Waals surface area contributed by atoms with Crippen LogP contribution in [0.1, 0.15) is 16.8 Å². The van der Waals surface area contributed by atoms with Gasteiger partial charge in [-0.25, -0.2) is 0 Å². The lowest BCUT2D eigenvalue weighted by atomic mass is 10.1. The molecule has 1 aromatic heterocycles. The normalized spacial score (nSPS) is 10.5. The lowest BCUT2D eigenvalue weighted by Gasteiger charge is -2.13. The van der Waals surface area contributed by atoms with Crippen LogP contribution in [-0.4, -0.2) is 4.57 Å². The maximum absolute atomic E-state index is 12.3. The van der Waals surface area contributed by atoms with Gasteiger partial charge in [-0.15, -0.1) is 0 Å². The Morgan fingerprint density at radius 3 is 2.41 bits per heavy atom. The summed E-state index contributed by atoms with van der Waals surface area (Å²) in [6, 6.07) is 11.6. The van der Waals surface area contributed by atoms with Gasteiger partial charge >= 0.3 is 0 Å². The van der Waals surface area contributed by atoms with E-state index in [0.717, 1.165) is 16.9 Å². The third kappa shape index (κ3) is 2.01. The number of hydrogen-bond acceptors (Lipinski definition) is 2. The van der Waals surface area contributed by atoms with Gasteiger partial charge in [-0.1, -0.05) is 18.2 Å². The topological polar surface area (TPSA) is 48.0 Å². The van der Waals surface area contributed by atoms with E-state index in [1.165, 1.54) is 0 Å². The molecule has 0 saturated heterocycles. The number of hydrogen-bond donors (Lipinski definition) is 1. The van der Waals surface area contributed by atoms with Crippen molar-refractivity contribution >= 4 is 0 Å². The van der Waals surface area contributed by atoms with Crippen molar-refractivity contribution in [2.75, 3.05) is 0 Å². The molecule has 2 rings (SSSR count). The van der Waals surface area contributed by atoms with Crippen LogP contribution in [0.25, 0.3) is 5.69 Å². The second-order valence-electron chi connectivity index (χ2n) is 4.13. The van der Waals surface area contributed by atoms with E-state index < -0.39 is 0 Å². The maximum Gasteiger partial charge on any atom is 0.260 e. The number of pyridine rings is 1. The van der Waals surface area contributed by atoms with Crippen molar-refractivity contribution in [3.8, 4) is 5.69 Å². The Labute approximate surface area is 101 Å². The molecule has 3 heteroatoms. The third-order valence-electron chi connectivity index (χ3n) is 2.93. The van der Waals surface area contributed by atoms with Gasteiger partial charge in [-0.2, -0.15) is 0 Å². The molecule has 0 aliphatic carbocycles. The highest BCUT2D eigenvalue weighted by Gasteiger charge is 2.09. The number of para-hydroxylation sites is 1. The standard InChI is InChI=1S/C14H16N2O/c1-10-8-11(2)16(14(17)13(10)9-15)12-6-4-3-5-7-12/h3-8H,9,15H2,1-2H3. The molecule has 1 heterocycles. The van der Waals surface area contributed by atoms with Crippen LogP contribution >= 0.6 is 0 Å². The first-order valence-electron chi connectivity index (χ1n) is 5.62. The summed E-state index contributed by atoms with van der Waals surface area (Å²) < 4.78 is 1.70. The second kappa shape index (κ2) is 4.55. The fraction of sp³-hybridized carbons (Fsp3) is 0.214. The Bertz CT molecular complexity index is 585. The predicted molar refractivity (Wildman–Crippen MR) is 69.4 cm³/mol. The van der Waals surface area contributed by atoms with Gasteiger partial charge in [-0.05, 0) is 37.6 Å². The number of aromatic nitrogens is 1. The Balaban J connectivity index is 2.75. The molecule has 0 aliphatic rings. The van der Waals surface area contributed by atoms with Gasteiger partial charge in [0, 0.05) is 23.5 Å². The van der Waals surface area contributed by atoms with E-state index in [1.54, 1.807) is 4.57 Å². The highest BCUT2D eigenvalue weighted by molar-refractivity contribution is 5.37. The monoisotopic (exact) mass is 228 g/mol. The van der Waals surface area contributed by atoms with Crippen molar-refractivity contribution < 1.29 is 0 Å².